The molecule has 0 bridgehead atoms. The van der Waals surface area contributed by atoms with E-state index in [-0.39, 0.29) is 6.10 Å². The van der Waals surface area contributed by atoms with Crippen LogP contribution >= 0.6 is 0 Å². The van der Waals surface area contributed by atoms with Gasteiger partial charge in [-0.3, -0.25) is 4.79 Å². The Bertz CT molecular complexity index is 225. The van der Waals surface area contributed by atoms with Gasteiger partial charge in [-0.2, -0.15) is 0 Å². The number of nitrogens with zero attached hydrogens (tertiary/aromatic N) is 2. The van der Waals surface area contributed by atoms with E-state index in [9.17, 15) is 9.90 Å². The van der Waals surface area contributed by atoms with E-state index in [1.165, 1.54) is 0 Å². The molecule has 2 aliphatic rings. The maximum Gasteiger partial charge on any atom is 0.222 e. The first-order valence-electron chi connectivity index (χ1n) is 5.94. The summed E-state index contributed by atoms with van der Waals surface area (Å²) in [4.78, 5) is 15.7. The number of likely N-dealkylation sites (tertiary alicyclic amines) is 2. The third-order valence-corrected chi connectivity index (χ3v) is 3.41. The van der Waals surface area contributed by atoms with E-state index in [4.69, 9.17) is 0 Å². The van der Waals surface area contributed by atoms with Crippen LogP contribution in [0.2, 0.25) is 0 Å². The second kappa shape index (κ2) is 4.94. The minimum absolute atomic E-state index is 0.102. The van der Waals surface area contributed by atoms with Crippen molar-refractivity contribution in [2.75, 3.05) is 32.7 Å². The largest absolute Gasteiger partial charge is 0.393 e. The lowest BCUT2D eigenvalue weighted by Gasteiger charge is -2.30. The quantitative estimate of drug-likeness (QED) is 0.720. The smallest absolute Gasteiger partial charge is 0.222 e. The molecule has 0 atom stereocenters. The number of aliphatic hydroxyl groups is 1. The molecular weight excluding hydrogens is 192 g/mol. The topological polar surface area (TPSA) is 43.8 Å². The monoisotopic (exact) mass is 212 g/mol. The molecule has 0 spiro atoms. The average Bonchev–Trinajstić information content (AvgIpc) is 2.63. The number of hydrogen-bond acceptors (Lipinski definition) is 3. The zero-order valence-corrected chi connectivity index (χ0v) is 9.19. The summed E-state index contributed by atoms with van der Waals surface area (Å²) in [5.74, 6) is 0.312. The van der Waals surface area contributed by atoms with Crippen molar-refractivity contribution in [3.63, 3.8) is 0 Å². The lowest BCUT2D eigenvalue weighted by atomic mass is 10.1. The minimum Gasteiger partial charge on any atom is -0.393 e. The number of rotatable bonds is 3. The molecule has 4 heteroatoms. The molecule has 15 heavy (non-hydrogen) atoms. The molecule has 0 aromatic carbocycles. The van der Waals surface area contributed by atoms with Gasteiger partial charge in [-0.05, 0) is 19.3 Å². The summed E-state index contributed by atoms with van der Waals surface area (Å²) in [5, 5.41) is 9.36. The Morgan fingerprint density at radius 3 is 2.53 bits per heavy atom. The Morgan fingerprint density at radius 2 is 1.93 bits per heavy atom. The fourth-order valence-electron chi connectivity index (χ4n) is 2.35. The van der Waals surface area contributed by atoms with Crippen LogP contribution in [0.4, 0.5) is 0 Å². The highest BCUT2D eigenvalue weighted by molar-refractivity contribution is 5.78. The van der Waals surface area contributed by atoms with Gasteiger partial charge in [0, 0.05) is 39.1 Å². The maximum absolute atomic E-state index is 11.4. The van der Waals surface area contributed by atoms with Gasteiger partial charge in [0.15, 0.2) is 0 Å². The summed E-state index contributed by atoms with van der Waals surface area (Å²) < 4.78 is 0. The van der Waals surface area contributed by atoms with Crippen molar-refractivity contribution < 1.29 is 9.90 Å². The molecule has 2 saturated heterocycles. The lowest BCUT2D eigenvalue weighted by Crippen LogP contribution is -2.41. The number of piperidine rings is 1. The van der Waals surface area contributed by atoms with Crippen LogP contribution in [0.15, 0.2) is 0 Å². The zero-order valence-electron chi connectivity index (χ0n) is 9.19. The molecule has 0 unspecified atom stereocenters. The van der Waals surface area contributed by atoms with Crippen LogP contribution in [0.3, 0.4) is 0 Å². The molecule has 4 nitrogen and oxygen atoms in total. The van der Waals surface area contributed by atoms with Crippen LogP contribution in [0.5, 0.6) is 0 Å². The van der Waals surface area contributed by atoms with Crippen molar-refractivity contribution in [3.05, 3.63) is 0 Å². The third kappa shape index (κ3) is 2.92. The normalized spacial score (nSPS) is 25.1. The number of amides is 1. The Hall–Kier alpha value is -0.610. The van der Waals surface area contributed by atoms with Crippen molar-refractivity contribution in [2.45, 2.75) is 31.8 Å². The average molecular weight is 212 g/mol. The summed E-state index contributed by atoms with van der Waals surface area (Å²) in [6.07, 6.45) is 3.42. The number of aliphatic hydroxyl groups excluding tert-OH is 1. The van der Waals surface area contributed by atoms with Crippen LogP contribution in [0, 0.1) is 0 Å². The van der Waals surface area contributed by atoms with E-state index in [0.29, 0.717) is 5.91 Å². The van der Waals surface area contributed by atoms with Gasteiger partial charge in [0.1, 0.15) is 0 Å². The second-order valence-corrected chi connectivity index (χ2v) is 4.56. The van der Waals surface area contributed by atoms with Crippen molar-refractivity contribution >= 4 is 5.91 Å². The Morgan fingerprint density at radius 1 is 1.20 bits per heavy atom. The molecule has 86 valence electrons. The molecule has 2 heterocycles. The van der Waals surface area contributed by atoms with E-state index >= 15 is 0 Å². The first-order chi connectivity index (χ1) is 7.25. The Labute approximate surface area is 90.9 Å². The summed E-state index contributed by atoms with van der Waals surface area (Å²) in [6.45, 7) is 4.73. The first-order valence-corrected chi connectivity index (χ1v) is 5.94. The highest BCUT2D eigenvalue weighted by atomic mass is 16.3. The molecule has 1 N–H and O–H groups in total. The molecule has 0 aromatic heterocycles. The van der Waals surface area contributed by atoms with Gasteiger partial charge < -0.3 is 14.9 Å². The van der Waals surface area contributed by atoms with Crippen molar-refractivity contribution in [3.8, 4) is 0 Å². The SMILES string of the molecule is O=C1CCCN1CCN1CCC(O)CC1. The second-order valence-electron chi connectivity index (χ2n) is 4.56. The Balaban J connectivity index is 1.67. The summed E-state index contributed by atoms with van der Waals surface area (Å²) in [7, 11) is 0. The van der Waals surface area contributed by atoms with Crippen molar-refractivity contribution in [1.82, 2.24) is 9.80 Å². The van der Waals surface area contributed by atoms with Crippen LogP contribution in [0.1, 0.15) is 25.7 Å². The van der Waals surface area contributed by atoms with Gasteiger partial charge in [0.05, 0.1) is 6.10 Å². The summed E-state index contributed by atoms with van der Waals surface area (Å²) >= 11 is 0. The molecule has 1 amide bonds. The van der Waals surface area contributed by atoms with E-state index < -0.39 is 0 Å². The number of carbonyl (C=O) groups excluding carboxylic acids is 1. The summed E-state index contributed by atoms with van der Waals surface area (Å²) in [5.41, 5.74) is 0. The van der Waals surface area contributed by atoms with Crippen molar-refractivity contribution in [2.24, 2.45) is 0 Å². The number of carbonyl (C=O) groups is 1. The molecular formula is C11H20N2O2. The fourth-order valence-corrected chi connectivity index (χ4v) is 2.35. The molecule has 0 radical (unpaired) electrons. The van der Waals surface area contributed by atoms with Gasteiger partial charge in [-0.1, -0.05) is 0 Å². The van der Waals surface area contributed by atoms with E-state index in [1.807, 2.05) is 4.90 Å². The summed E-state index contributed by atoms with van der Waals surface area (Å²) in [6, 6.07) is 0. The third-order valence-electron chi connectivity index (χ3n) is 3.41. The van der Waals surface area contributed by atoms with E-state index in [1.54, 1.807) is 0 Å². The predicted molar refractivity (Wildman–Crippen MR) is 57.5 cm³/mol. The van der Waals surface area contributed by atoms with Gasteiger partial charge in [0.25, 0.3) is 0 Å². The van der Waals surface area contributed by atoms with E-state index in [2.05, 4.69) is 4.90 Å². The molecule has 0 aromatic rings. The zero-order chi connectivity index (χ0) is 10.7. The number of hydrogen-bond donors (Lipinski definition) is 1. The maximum atomic E-state index is 11.4. The molecule has 0 saturated carbocycles. The highest BCUT2D eigenvalue weighted by Crippen LogP contribution is 2.12. The van der Waals surface area contributed by atoms with E-state index in [0.717, 1.165) is 58.4 Å². The highest BCUT2D eigenvalue weighted by Gasteiger charge is 2.22. The first kappa shape index (κ1) is 10.9. The van der Waals surface area contributed by atoms with Crippen LogP contribution in [0.25, 0.3) is 0 Å². The molecule has 2 fully saturated rings. The fraction of sp³-hybridized carbons (Fsp3) is 0.909. The Kier molecular flexibility index (Phi) is 3.59. The van der Waals surface area contributed by atoms with Crippen LogP contribution < -0.4 is 0 Å². The molecule has 2 aliphatic heterocycles. The molecule has 0 aliphatic carbocycles. The molecule has 2 rings (SSSR count). The van der Waals surface area contributed by atoms with Gasteiger partial charge >= 0.3 is 0 Å². The van der Waals surface area contributed by atoms with Crippen LogP contribution in [-0.4, -0.2) is 59.6 Å². The van der Waals surface area contributed by atoms with Crippen LogP contribution in [-0.2, 0) is 4.79 Å². The standard InChI is InChI=1S/C11H20N2O2/c14-10-3-6-12(7-4-10)8-9-13-5-1-2-11(13)15/h10,14H,1-9H2. The van der Waals surface area contributed by atoms with Gasteiger partial charge in [-0.15, -0.1) is 0 Å². The predicted octanol–water partition coefficient (Wildman–Crippen LogP) is 0.0655. The minimum atomic E-state index is -0.102. The van der Waals surface area contributed by atoms with Crippen molar-refractivity contribution in [1.29, 1.82) is 0 Å². The van der Waals surface area contributed by atoms with Gasteiger partial charge in [0.2, 0.25) is 5.91 Å². The lowest BCUT2D eigenvalue weighted by molar-refractivity contribution is -0.127. The van der Waals surface area contributed by atoms with Gasteiger partial charge in [-0.25, -0.2) is 0 Å².